The van der Waals surface area contributed by atoms with Crippen molar-refractivity contribution >= 4 is 9.84 Å². The van der Waals surface area contributed by atoms with Crippen molar-refractivity contribution in [3.8, 4) is 0 Å². The van der Waals surface area contributed by atoms with Crippen LogP contribution in [0.15, 0.2) is 35.2 Å². The van der Waals surface area contributed by atoms with Gasteiger partial charge in [0, 0.05) is 25.2 Å². The first-order valence-corrected chi connectivity index (χ1v) is 11.7. The molecule has 4 atom stereocenters. The molecule has 1 heterocycles. The maximum absolute atomic E-state index is 13.0. The minimum absolute atomic E-state index is 0.0914. The highest BCUT2D eigenvalue weighted by molar-refractivity contribution is 7.91. The van der Waals surface area contributed by atoms with Gasteiger partial charge in [0.05, 0.1) is 17.3 Å². The standard InChI is InChI=1S/C21H34N2O3S/c1-21(2,3)20(15-27(24,25)18-10-6-5-7-11-18)22-23-17(14-26-4)13-16-9-8-12-19(16)23/h5-7,10-11,16-17,19-20,22H,8-9,12-15H2,1-4H3/t16-,17-,19-,20-/m1/s1. The van der Waals surface area contributed by atoms with E-state index in [9.17, 15) is 8.42 Å². The van der Waals surface area contributed by atoms with Gasteiger partial charge in [0.2, 0.25) is 0 Å². The topological polar surface area (TPSA) is 58.6 Å². The SMILES string of the molecule is COC[C@H]1C[C@H]2CCC[C@H]2N1N[C@H](CS(=O)(=O)c1ccccc1)C(C)(C)C. The van der Waals surface area contributed by atoms with E-state index in [2.05, 4.69) is 31.2 Å². The number of ether oxygens (including phenoxy) is 1. The third kappa shape index (κ3) is 4.73. The molecule has 6 heteroatoms. The molecule has 0 radical (unpaired) electrons. The van der Waals surface area contributed by atoms with Crippen molar-refractivity contribution < 1.29 is 13.2 Å². The summed E-state index contributed by atoms with van der Waals surface area (Å²) in [5, 5.41) is 2.34. The predicted molar refractivity (Wildman–Crippen MR) is 108 cm³/mol. The van der Waals surface area contributed by atoms with Crippen LogP contribution in [-0.2, 0) is 14.6 Å². The van der Waals surface area contributed by atoms with Crippen molar-refractivity contribution in [2.45, 2.75) is 69.5 Å². The van der Waals surface area contributed by atoms with E-state index in [0.29, 0.717) is 29.5 Å². The molecule has 2 fully saturated rings. The zero-order valence-corrected chi connectivity index (χ0v) is 17.8. The van der Waals surface area contributed by atoms with E-state index in [4.69, 9.17) is 4.74 Å². The Morgan fingerprint density at radius 2 is 1.93 bits per heavy atom. The monoisotopic (exact) mass is 394 g/mol. The van der Waals surface area contributed by atoms with Gasteiger partial charge < -0.3 is 4.74 Å². The van der Waals surface area contributed by atoms with Crippen LogP contribution in [0.3, 0.4) is 0 Å². The molecule has 1 N–H and O–H groups in total. The number of nitrogens with zero attached hydrogens (tertiary/aromatic N) is 1. The molecular formula is C21H34N2O3S. The smallest absolute Gasteiger partial charge is 0.179 e. The van der Waals surface area contributed by atoms with Gasteiger partial charge in [-0.15, -0.1) is 0 Å². The molecule has 27 heavy (non-hydrogen) atoms. The van der Waals surface area contributed by atoms with Gasteiger partial charge in [0.1, 0.15) is 0 Å². The Morgan fingerprint density at radius 1 is 1.22 bits per heavy atom. The molecule has 0 amide bonds. The number of nitrogens with one attached hydrogen (secondary N) is 1. The van der Waals surface area contributed by atoms with Crippen LogP contribution < -0.4 is 5.43 Å². The van der Waals surface area contributed by atoms with Gasteiger partial charge in [0.25, 0.3) is 0 Å². The van der Waals surface area contributed by atoms with Gasteiger partial charge >= 0.3 is 0 Å². The highest BCUT2D eigenvalue weighted by Crippen LogP contribution is 2.41. The van der Waals surface area contributed by atoms with Crippen molar-refractivity contribution in [3.63, 3.8) is 0 Å². The van der Waals surface area contributed by atoms with E-state index >= 15 is 0 Å². The Labute approximate surface area is 164 Å². The summed E-state index contributed by atoms with van der Waals surface area (Å²) < 4.78 is 31.5. The van der Waals surface area contributed by atoms with Crippen LogP contribution in [0.5, 0.6) is 0 Å². The lowest BCUT2D eigenvalue weighted by molar-refractivity contribution is 0.0275. The summed E-state index contributed by atoms with van der Waals surface area (Å²) in [6.45, 7) is 7.01. The lowest BCUT2D eigenvalue weighted by Crippen LogP contribution is -2.57. The van der Waals surface area contributed by atoms with Crippen LogP contribution in [-0.4, -0.2) is 51.0 Å². The first-order chi connectivity index (χ1) is 12.7. The summed E-state index contributed by atoms with van der Waals surface area (Å²) in [6.07, 6.45) is 4.84. The molecule has 1 aromatic rings. The Hall–Kier alpha value is -0.950. The molecule has 0 bridgehead atoms. The van der Waals surface area contributed by atoms with Gasteiger partial charge in [0.15, 0.2) is 9.84 Å². The number of fused-ring (bicyclic) bond motifs is 1. The lowest BCUT2D eigenvalue weighted by atomic mass is 9.88. The number of hydrazine groups is 1. The first kappa shape index (κ1) is 20.8. The van der Waals surface area contributed by atoms with Crippen molar-refractivity contribution in [1.29, 1.82) is 0 Å². The molecule has 1 aliphatic carbocycles. The molecule has 0 unspecified atom stereocenters. The predicted octanol–water partition coefficient (Wildman–Crippen LogP) is 3.27. The van der Waals surface area contributed by atoms with Crippen LogP contribution >= 0.6 is 0 Å². The number of rotatable bonds is 7. The zero-order chi connectivity index (χ0) is 19.7. The summed E-state index contributed by atoms with van der Waals surface area (Å²) >= 11 is 0. The third-order valence-electron chi connectivity index (χ3n) is 6.14. The molecule has 1 aliphatic heterocycles. The molecule has 0 aromatic heterocycles. The fourth-order valence-corrected chi connectivity index (χ4v) is 6.32. The van der Waals surface area contributed by atoms with Crippen molar-refractivity contribution in [1.82, 2.24) is 10.4 Å². The summed E-state index contributed by atoms with van der Waals surface area (Å²) in [5.41, 5.74) is 3.48. The van der Waals surface area contributed by atoms with E-state index in [1.807, 2.05) is 6.07 Å². The fourth-order valence-electron chi connectivity index (χ4n) is 4.54. The van der Waals surface area contributed by atoms with Crippen LogP contribution in [0.4, 0.5) is 0 Å². The molecule has 3 rings (SSSR count). The first-order valence-electron chi connectivity index (χ1n) is 10.0. The minimum Gasteiger partial charge on any atom is -0.383 e. The average molecular weight is 395 g/mol. The third-order valence-corrected chi connectivity index (χ3v) is 7.90. The highest BCUT2D eigenvalue weighted by atomic mass is 32.2. The van der Waals surface area contributed by atoms with E-state index in [0.717, 1.165) is 6.42 Å². The fraction of sp³-hybridized carbons (Fsp3) is 0.714. The zero-order valence-electron chi connectivity index (χ0n) is 17.0. The van der Waals surface area contributed by atoms with Crippen LogP contribution in [0.25, 0.3) is 0 Å². The second kappa shape index (κ2) is 8.19. The van der Waals surface area contributed by atoms with Gasteiger partial charge in [-0.2, -0.15) is 0 Å². The van der Waals surface area contributed by atoms with E-state index in [1.165, 1.54) is 19.3 Å². The number of methoxy groups -OCH3 is 1. The van der Waals surface area contributed by atoms with E-state index in [-0.39, 0.29) is 17.2 Å². The van der Waals surface area contributed by atoms with Gasteiger partial charge in [-0.3, -0.25) is 0 Å². The van der Waals surface area contributed by atoms with Crippen molar-refractivity contribution in [2.24, 2.45) is 11.3 Å². The Morgan fingerprint density at radius 3 is 2.56 bits per heavy atom. The number of hydrogen-bond donors (Lipinski definition) is 1. The second-order valence-electron chi connectivity index (χ2n) is 9.15. The molecule has 152 valence electrons. The molecule has 1 saturated heterocycles. The lowest BCUT2D eigenvalue weighted by Gasteiger charge is -2.39. The quantitative estimate of drug-likeness (QED) is 0.769. The highest BCUT2D eigenvalue weighted by Gasteiger charge is 2.45. The molecular weight excluding hydrogens is 360 g/mol. The molecule has 1 saturated carbocycles. The summed E-state index contributed by atoms with van der Waals surface area (Å²) in [4.78, 5) is 0.398. The molecule has 2 aliphatic rings. The summed E-state index contributed by atoms with van der Waals surface area (Å²) in [5.74, 6) is 0.790. The maximum Gasteiger partial charge on any atom is 0.179 e. The Kier molecular flexibility index (Phi) is 6.31. The van der Waals surface area contributed by atoms with E-state index < -0.39 is 9.84 Å². The Balaban J connectivity index is 1.81. The van der Waals surface area contributed by atoms with Gasteiger partial charge in [-0.1, -0.05) is 45.4 Å². The van der Waals surface area contributed by atoms with E-state index in [1.54, 1.807) is 31.4 Å². The summed E-state index contributed by atoms with van der Waals surface area (Å²) in [6, 6.07) is 9.43. The van der Waals surface area contributed by atoms with Crippen molar-refractivity contribution in [3.05, 3.63) is 30.3 Å². The normalized spacial score (nSPS) is 27.6. The molecule has 1 aromatic carbocycles. The molecule has 0 spiro atoms. The number of benzene rings is 1. The maximum atomic E-state index is 13.0. The Bertz CT molecular complexity index is 715. The van der Waals surface area contributed by atoms with Crippen LogP contribution in [0.1, 0.15) is 46.5 Å². The van der Waals surface area contributed by atoms with Crippen molar-refractivity contribution in [2.75, 3.05) is 19.5 Å². The van der Waals surface area contributed by atoms with Crippen LogP contribution in [0.2, 0.25) is 0 Å². The molecule has 5 nitrogen and oxygen atoms in total. The minimum atomic E-state index is -3.36. The largest absolute Gasteiger partial charge is 0.383 e. The van der Waals surface area contributed by atoms with Gasteiger partial charge in [-0.25, -0.2) is 18.9 Å². The number of sulfone groups is 1. The van der Waals surface area contributed by atoms with Crippen LogP contribution in [0, 0.1) is 11.3 Å². The second-order valence-corrected chi connectivity index (χ2v) is 11.2. The number of hydrogen-bond acceptors (Lipinski definition) is 5. The van der Waals surface area contributed by atoms with Gasteiger partial charge in [-0.05, 0) is 42.7 Å². The average Bonchev–Trinajstić information content (AvgIpc) is 3.17. The summed E-state index contributed by atoms with van der Waals surface area (Å²) in [7, 11) is -1.61.